The van der Waals surface area contributed by atoms with Crippen LogP contribution in [0, 0.1) is 0 Å². The van der Waals surface area contributed by atoms with Gasteiger partial charge in [0.15, 0.2) is 34.4 Å². The second-order valence-electron chi connectivity index (χ2n) is 14.8. The number of ketones is 2. The van der Waals surface area contributed by atoms with Gasteiger partial charge in [-0.15, -0.1) is 0 Å². The van der Waals surface area contributed by atoms with Crippen molar-refractivity contribution in [2.75, 3.05) is 72.5 Å². The van der Waals surface area contributed by atoms with Crippen LogP contribution in [0.4, 0.5) is 39.8 Å². The SMILES string of the molecule is COc1ccc(NC(=O)C(N=Nc2ccc(NC(=O)c3ccc(N=NC(C(C)=O)C(=O)Nc4ccc(OC)c([N+](C)(C)C)c4)cc3)cc2)C(C)=O)cc1[N+](C)(C)C.[Cl-].[Cl-]. The Bertz CT molecular complexity index is 2200. The Labute approximate surface area is 356 Å². The third-order valence-corrected chi connectivity index (χ3v) is 8.44. The lowest BCUT2D eigenvalue weighted by Gasteiger charge is -2.25. The fourth-order valence-electron chi connectivity index (χ4n) is 5.38. The number of hydrogen-bond donors (Lipinski definition) is 3. The molecule has 4 aromatic carbocycles. The van der Waals surface area contributed by atoms with Gasteiger partial charge in [-0.2, -0.15) is 20.5 Å². The number of quaternary nitrogens is 2. The molecule has 18 heteroatoms. The molecule has 0 aliphatic carbocycles. The number of halogens is 2. The second kappa shape index (κ2) is 21.1. The van der Waals surface area contributed by atoms with Crippen molar-refractivity contribution in [2.24, 2.45) is 20.5 Å². The highest BCUT2D eigenvalue weighted by Gasteiger charge is 2.27. The molecule has 2 unspecified atom stereocenters. The summed E-state index contributed by atoms with van der Waals surface area (Å²) in [5.41, 5.74) is 4.05. The zero-order chi connectivity index (χ0) is 42.1. The van der Waals surface area contributed by atoms with Crippen LogP contribution in [-0.4, -0.2) is 97.9 Å². The van der Waals surface area contributed by atoms with Crippen LogP contribution in [0.2, 0.25) is 0 Å². The largest absolute Gasteiger partial charge is 1.00 e. The van der Waals surface area contributed by atoms with Gasteiger partial charge in [0.1, 0.15) is 0 Å². The zero-order valence-corrected chi connectivity index (χ0v) is 36.0. The number of carbonyl (C=O) groups excluding carboxylic acids is 5. The molecule has 3 amide bonds. The number of Topliss-reactive ketones (excluding diaryl/α,β-unsaturated/α-hetero) is 2. The van der Waals surface area contributed by atoms with Crippen molar-refractivity contribution in [1.82, 2.24) is 8.97 Å². The number of anilines is 3. The van der Waals surface area contributed by atoms with Crippen LogP contribution in [0.15, 0.2) is 105 Å². The first-order chi connectivity index (χ1) is 26.8. The summed E-state index contributed by atoms with van der Waals surface area (Å²) in [7, 11) is 14.9. The summed E-state index contributed by atoms with van der Waals surface area (Å²) < 4.78 is 11.8. The maximum Gasteiger partial charge on any atom is 0.258 e. The van der Waals surface area contributed by atoms with E-state index in [0.29, 0.717) is 54.5 Å². The fourth-order valence-corrected chi connectivity index (χ4v) is 5.38. The summed E-state index contributed by atoms with van der Waals surface area (Å²) in [5.74, 6) is -1.37. The lowest BCUT2D eigenvalue weighted by Crippen LogP contribution is -3.00. The average molecular weight is 851 g/mol. The molecule has 0 spiro atoms. The van der Waals surface area contributed by atoms with Crippen LogP contribution >= 0.6 is 0 Å². The molecule has 3 N–H and O–H groups in total. The minimum absolute atomic E-state index is 0. The highest BCUT2D eigenvalue weighted by atomic mass is 35.5. The number of azo groups is 2. The topological polar surface area (TPSA) is 189 Å². The summed E-state index contributed by atoms with van der Waals surface area (Å²) in [6.07, 6.45) is 0. The molecule has 0 heterocycles. The van der Waals surface area contributed by atoms with Gasteiger partial charge in [0.2, 0.25) is 12.1 Å². The molecule has 0 aliphatic heterocycles. The number of ether oxygens (including phenoxy) is 2. The van der Waals surface area contributed by atoms with E-state index in [0.717, 1.165) is 11.4 Å². The second-order valence-corrected chi connectivity index (χ2v) is 14.8. The number of amides is 3. The monoisotopic (exact) mass is 849 g/mol. The predicted molar refractivity (Wildman–Crippen MR) is 221 cm³/mol. The highest BCUT2D eigenvalue weighted by Crippen LogP contribution is 2.34. The Hall–Kier alpha value is -6.07. The maximum absolute atomic E-state index is 13.0. The summed E-state index contributed by atoms with van der Waals surface area (Å²) >= 11 is 0. The Morgan fingerprint density at radius 3 is 1.22 bits per heavy atom. The van der Waals surface area contributed by atoms with Crippen LogP contribution in [-0.2, 0) is 19.2 Å². The molecule has 59 heavy (non-hydrogen) atoms. The zero-order valence-electron chi connectivity index (χ0n) is 34.5. The van der Waals surface area contributed by atoms with Gasteiger partial charge in [0.05, 0.1) is 67.9 Å². The maximum atomic E-state index is 13.0. The van der Waals surface area contributed by atoms with Gasteiger partial charge in [-0.1, -0.05) is 0 Å². The van der Waals surface area contributed by atoms with Gasteiger partial charge in [-0.05, 0) is 86.6 Å². The van der Waals surface area contributed by atoms with E-state index in [-0.39, 0.29) is 24.8 Å². The fraction of sp³-hybridized carbons (Fsp3) is 0.293. The molecule has 0 aromatic heterocycles. The molecular weight excluding hydrogens is 801 g/mol. The quantitative estimate of drug-likeness (QED) is 0.0842. The number of nitrogens with one attached hydrogen (secondary N) is 3. The van der Waals surface area contributed by atoms with Gasteiger partial charge in [0.25, 0.3) is 17.7 Å². The average Bonchev–Trinajstić information content (AvgIpc) is 3.14. The Morgan fingerprint density at radius 1 is 0.525 bits per heavy atom. The Balaban J connectivity index is 0.00000600. The predicted octanol–water partition coefficient (Wildman–Crippen LogP) is 0.718. The number of benzene rings is 4. The highest BCUT2D eigenvalue weighted by molar-refractivity contribution is 6.11. The molecule has 2 atom stereocenters. The lowest BCUT2D eigenvalue weighted by molar-refractivity contribution is -0.127. The summed E-state index contributed by atoms with van der Waals surface area (Å²) in [6.45, 7) is 2.52. The summed E-state index contributed by atoms with van der Waals surface area (Å²) in [4.78, 5) is 63.8. The van der Waals surface area contributed by atoms with Crippen molar-refractivity contribution >= 4 is 69.1 Å². The third kappa shape index (κ3) is 13.5. The van der Waals surface area contributed by atoms with Crippen molar-refractivity contribution in [3.05, 3.63) is 90.5 Å². The summed E-state index contributed by atoms with van der Waals surface area (Å²) in [5, 5.41) is 24.4. The van der Waals surface area contributed by atoms with E-state index in [4.69, 9.17) is 9.47 Å². The molecule has 314 valence electrons. The third-order valence-electron chi connectivity index (χ3n) is 8.44. The van der Waals surface area contributed by atoms with E-state index in [1.807, 2.05) is 42.3 Å². The first kappa shape index (κ1) is 49.1. The van der Waals surface area contributed by atoms with Crippen LogP contribution < -0.4 is 59.2 Å². The van der Waals surface area contributed by atoms with Crippen LogP contribution in [0.3, 0.4) is 0 Å². The van der Waals surface area contributed by atoms with E-state index in [1.165, 1.54) is 38.1 Å². The van der Waals surface area contributed by atoms with Gasteiger partial charge in [-0.3, -0.25) is 32.9 Å². The normalized spacial score (nSPS) is 12.4. The van der Waals surface area contributed by atoms with E-state index in [2.05, 4.69) is 36.4 Å². The Morgan fingerprint density at radius 2 is 0.881 bits per heavy atom. The molecule has 0 aliphatic rings. The standard InChI is InChI=1S/C41H47N9O7.2ClH/c1-25(51)37(40(54)43-31-19-21-35(56-9)33(23-31)49(3,4)5)47-45-29-13-11-27(12-14-29)39(53)42-28-15-17-30(18-16-28)46-48-38(26(2)52)41(55)44-32-20-22-36(57-10)34(24-32)50(6,7)8;;/h11-24,37-38H,1-10H3,(H-2,42,43,44,48,53,54,55);2*1H. The molecular formula is C41H49Cl2N9O7. The minimum Gasteiger partial charge on any atom is -1.00 e. The number of methoxy groups -OCH3 is 2. The van der Waals surface area contributed by atoms with Crippen LogP contribution in [0.1, 0.15) is 24.2 Å². The summed E-state index contributed by atoms with van der Waals surface area (Å²) in [6, 6.07) is 20.1. The first-order valence-electron chi connectivity index (χ1n) is 17.8. The van der Waals surface area contributed by atoms with Gasteiger partial charge in [0, 0.05) is 34.8 Å². The van der Waals surface area contributed by atoms with E-state index >= 15 is 0 Å². The van der Waals surface area contributed by atoms with Gasteiger partial charge < -0.3 is 50.2 Å². The van der Waals surface area contributed by atoms with Crippen molar-refractivity contribution in [3.8, 4) is 11.5 Å². The lowest BCUT2D eigenvalue weighted by atomic mass is 10.1. The van der Waals surface area contributed by atoms with E-state index < -0.39 is 41.4 Å². The molecule has 0 saturated carbocycles. The number of nitrogens with zero attached hydrogens (tertiary/aromatic N) is 6. The van der Waals surface area contributed by atoms with Crippen LogP contribution in [0.25, 0.3) is 0 Å². The molecule has 0 bridgehead atoms. The van der Waals surface area contributed by atoms with Crippen LogP contribution in [0.5, 0.6) is 11.5 Å². The number of rotatable bonds is 16. The molecule has 0 saturated heterocycles. The first-order valence-corrected chi connectivity index (χ1v) is 17.8. The molecule has 0 fully saturated rings. The number of hydrogen-bond acceptors (Lipinski definition) is 11. The molecule has 0 radical (unpaired) electrons. The minimum atomic E-state index is -1.39. The number of carbonyl (C=O) groups is 5. The smallest absolute Gasteiger partial charge is 0.258 e. The molecule has 16 nitrogen and oxygen atoms in total. The van der Waals surface area contributed by atoms with Crippen molar-refractivity contribution < 1.29 is 58.3 Å². The molecule has 4 rings (SSSR count). The van der Waals surface area contributed by atoms with Crippen molar-refractivity contribution in [2.45, 2.75) is 25.9 Å². The molecule has 4 aromatic rings. The van der Waals surface area contributed by atoms with Crippen molar-refractivity contribution in [1.29, 1.82) is 0 Å². The Kier molecular flexibility index (Phi) is 17.5. The van der Waals surface area contributed by atoms with Gasteiger partial charge >= 0.3 is 0 Å². The van der Waals surface area contributed by atoms with E-state index in [1.54, 1.807) is 74.9 Å². The van der Waals surface area contributed by atoms with Crippen molar-refractivity contribution in [3.63, 3.8) is 0 Å². The van der Waals surface area contributed by atoms with Gasteiger partial charge in [-0.25, -0.2) is 0 Å². The van der Waals surface area contributed by atoms with E-state index in [9.17, 15) is 24.0 Å².